The van der Waals surface area contributed by atoms with Crippen LogP contribution in [0.5, 0.6) is 0 Å². The summed E-state index contributed by atoms with van der Waals surface area (Å²) in [5, 5.41) is 25.9. The molecule has 0 aliphatic carbocycles. The van der Waals surface area contributed by atoms with Gasteiger partial charge in [-0.1, -0.05) is 57.5 Å². The number of amides is 2. The Hall–Kier alpha value is -3.03. The van der Waals surface area contributed by atoms with Crippen molar-refractivity contribution in [1.82, 2.24) is 30.2 Å². The van der Waals surface area contributed by atoms with Gasteiger partial charge in [0.15, 0.2) is 22.8 Å². The summed E-state index contributed by atoms with van der Waals surface area (Å²) in [5.41, 5.74) is 4.04. The third kappa shape index (κ3) is 17.9. The predicted octanol–water partition coefficient (Wildman–Crippen LogP) is -0.987. The number of thioether (sulfide) groups is 1. The number of allylic oxidation sites excluding steroid dienone is 2. The molecule has 0 aromatic carbocycles. The number of nitrogens with zero attached hydrogens (tertiary/aromatic N) is 4. The van der Waals surface area contributed by atoms with Crippen LogP contribution in [0.1, 0.15) is 78.4 Å². The van der Waals surface area contributed by atoms with Gasteiger partial charge in [-0.15, -0.1) is 0 Å². The SMILES string of the molecule is CCCCC/C=C\CCC(=O)CC(=O)SCCNC(=O)CCNC(=O)[C@H](O)C(C)(C)COP(=O)([O-])OP(=O)([O-])OC[C@H]1O[C@@H](n2cnc3c(N)ncnc32)[C@H](O)[C@@H]1OP(=O)([O-])[O-]. The average molecular weight is 958 g/mol. The minimum atomic E-state index is -5.93. The molecule has 350 valence electrons. The third-order valence-corrected chi connectivity index (χ3v) is 12.7. The Morgan fingerprint density at radius 3 is 2.40 bits per heavy atom. The Morgan fingerprint density at radius 2 is 1.71 bits per heavy atom. The third-order valence-electron chi connectivity index (χ3n) is 8.81. The number of aliphatic hydroxyl groups excluding tert-OH is 2. The molecular formula is C33H50N7O18P3S-4. The van der Waals surface area contributed by atoms with Crippen molar-refractivity contribution >= 4 is 74.9 Å². The standard InChI is InChI=1S/C33H54N7O18P3S/c1-4-5-6-7-8-9-10-11-21(41)16-24(43)62-15-14-35-23(42)12-13-36-31(46)28(45)33(2,3)18-55-61(52,53)58-60(50,51)54-17-22-27(57-59(47,48)49)26(44)32(56-22)40-20-39-25-29(34)37-19-38-30(25)40/h8-9,19-20,22,26-28,32,44-45H,4-7,10-18H2,1-3H3,(H,35,42)(H,36,46)(H,50,51)(H,52,53)(H2,34,37,38)(H2,47,48,49)/p-4/b9-8-/t22-,26-,27-,28+,32-/m1/s1. The van der Waals surface area contributed by atoms with E-state index in [0.717, 1.165) is 54.7 Å². The van der Waals surface area contributed by atoms with E-state index in [1.165, 1.54) is 13.8 Å². The number of carbonyl (C=O) groups is 4. The van der Waals surface area contributed by atoms with E-state index >= 15 is 0 Å². The number of nitrogens with two attached hydrogens (primary N) is 1. The molecular weight excluding hydrogens is 907 g/mol. The monoisotopic (exact) mass is 957 g/mol. The van der Waals surface area contributed by atoms with Gasteiger partial charge in [-0.25, -0.2) is 19.3 Å². The van der Waals surface area contributed by atoms with Crippen molar-refractivity contribution < 1.29 is 85.3 Å². The van der Waals surface area contributed by atoms with E-state index < -0.39 is 84.6 Å². The maximum absolute atomic E-state index is 12.6. The molecule has 2 aromatic heterocycles. The van der Waals surface area contributed by atoms with Crippen molar-refractivity contribution in [3.05, 3.63) is 24.8 Å². The van der Waals surface area contributed by atoms with Crippen molar-refractivity contribution in [3.8, 4) is 0 Å². The molecule has 2 unspecified atom stereocenters. The maximum Gasteiger partial charge on any atom is 0.274 e. The number of hydrogen-bond donors (Lipinski definition) is 5. The lowest BCUT2D eigenvalue weighted by Crippen LogP contribution is -2.46. The van der Waals surface area contributed by atoms with Crippen LogP contribution in [-0.2, 0) is 55.5 Å². The van der Waals surface area contributed by atoms with Crippen LogP contribution < -0.4 is 35.9 Å². The van der Waals surface area contributed by atoms with Gasteiger partial charge in [-0.3, -0.25) is 32.9 Å². The summed E-state index contributed by atoms with van der Waals surface area (Å²) in [4.78, 5) is 108. The highest BCUT2D eigenvalue weighted by molar-refractivity contribution is 8.13. The maximum atomic E-state index is 12.6. The van der Waals surface area contributed by atoms with Gasteiger partial charge in [0.1, 0.15) is 42.0 Å². The molecule has 0 radical (unpaired) electrons. The Balaban J connectivity index is 1.40. The van der Waals surface area contributed by atoms with Crippen LogP contribution in [0, 0.1) is 5.41 Å². The van der Waals surface area contributed by atoms with E-state index in [9.17, 15) is 62.7 Å². The van der Waals surface area contributed by atoms with Crippen molar-refractivity contribution in [2.45, 2.75) is 103 Å². The minimum absolute atomic E-state index is 0.0274. The molecule has 7 atom stereocenters. The van der Waals surface area contributed by atoms with E-state index in [1.807, 2.05) is 12.2 Å². The normalized spacial score (nSPS) is 20.8. The summed E-state index contributed by atoms with van der Waals surface area (Å²) >= 11 is 0.901. The first-order valence-electron chi connectivity index (χ1n) is 19.1. The number of hydrogen-bond acceptors (Lipinski definition) is 23. The van der Waals surface area contributed by atoms with Crippen LogP contribution in [-0.4, -0.2) is 109 Å². The van der Waals surface area contributed by atoms with Gasteiger partial charge in [-0.2, -0.15) is 0 Å². The summed E-state index contributed by atoms with van der Waals surface area (Å²) < 4.78 is 60.6. The summed E-state index contributed by atoms with van der Waals surface area (Å²) in [6.07, 6.45) is 1.21. The molecule has 2 amide bonds. The molecule has 29 heteroatoms. The largest absolute Gasteiger partial charge is 0.790 e. The number of aromatic nitrogens is 4. The fraction of sp³-hybridized carbons (Fsp3) is 0.667. The van der Waals surface area contributed by atoms with Crippen molar-refractivity contribution in [2.75, 3.05) is 37.8 Å². The molecule has 0 bridgehead atoms. The molecule has 3 heterocycles. The van der Waals surface area contributed by atoms with Gasteiger partial charge in [0.2, 0.25) is 11.8 Å². The lowest BCUT2D eigenvalue weighted by Gasteiger charge is -2.36. The number of fused-ring (bicyclic) bond motifs is 1. The first-order chi connectivity index (χ1) is 28.9. The molecule has 25 nitrogen and oxygen atoms in total. The zero-order chi connectivity index (χ0) is 46.3. The Bertz CT molecular complexity index is 2020. The zero-order valence-electron chi connectivity index (χ0n) is 33.9. The number of ketones is 1. The van der Waals surface area contributed by atoms with Crippen LogP contribution in [0.2, 0.25) is 0 Å². The van der Waals surface area contributed by atoms with E-state index in [0.29, 0.717) is 6.42 Å². The van der Waals surface area contributed by atoms with Gasteiger partial charge in [0, 0.05) is 37.1 Å². The molecule has 3 rings (SSSR count). The summed E-state index contributed by atoms with van der Waals surface area (Å²) in [5.74, 6) is -1.60. The Labute approximate surface area is 360 Å². The quantitative estimate of drug-likeness (QED) is 0.0296. The molecule has 2 aromatic rings. The highest BCUT2D eigenvalue weighted by Gasteiger charge is 2.47. The van der Waals surface area contributed by atoms with E-state index in [4.69, 9.17) is 10.5 Å². The lowest BCUT2D eigenvalue weighted by atomic mass is 9.87. The fourth-order valence-electron chi connectivity index (χ4n) is 5.56. The molecule has 1 aliphatic rings. The molecule has 1 saturated heterocycles. The van der Waals surface area contributed by atoms with Gasteiger partial charge < -0.3 is 69.0 Å². The van der Waals surface area contributed by atoms with Crippen LogP contribution in [0.3, 0.4) is 0 Å². The number of nitrogens with one attached hydrogen (secondary N) is 2. The van der Waals surface area contributed by atoms with Crippen LogP contribution in [0.15, 0.2) is 24.8 Å². The van der Waals surface area contributed by atoms with Gasteiger partial charge in [0.25, 0.3) is 15.6 Å². The second kappa shape index (κ2) is 24.3. The van der Waals surface area contributed by atoms with Gasteiger partial charge in [-0.05, 0) is 19.3 Å². The van der Waals surface area contributed by atoms with Gasteiger partial charge in [0.05, 0.1) is 33.8 Å². The highest BCUT2D eigenvalue weighted by atomic mass is 32.2. The average Bonchev–Trinajstić information content (AvgIpc) is 3.74. The molecule has 1 aliphatic heterocycles. The number of rotatable bonds is 28. The number of aliphatic hydroxyl groups is 2. The molecule has 0 spiro atoms. The van der Waals surface area contributed by atoms with E-state index in [1.54, 1.807) is 0 Å². The lowest BCUT2D eigenvalue weighted by molar-refractivity contribution is -0.347. The number of carbonyl (C=O) groups excluding carboxylic acids is 4. The van der Waals surface area contributed by atoms with Crippen LogP contribution >= 0.6 is 35.2 Å². The number of imidazole rings is 1. The second-order valence-electron chi connectivity index (χ2n) is 14.4. The Morgan fingerprint density at radius 1 is 1.02 bits per heavy atom. The number of phosphoric acid groups is 3. The van der Waals surface area contributed by atoms with Crippen molar-refractivity contribution in [2.24, 2.45) is 5.41 Å². The molecule has 1 fully saturated rings. The van der Waals surface area contributed by atoms with Crippen molar-refractivity contribution in [3.63, 3.8) is 0 Å². The number of nitrogen functional groups attached to an aromatic ring is 1. The molecule has 62 heavy (non-hydrogen) atoms. The number of phosphoric ester groups is 3. The predicted molar refractivity (Wildman–Crippen MR) is 210 cm³/mol. The first kappa shape index (κ1) is 53.3. The number of anilines is 1. The first-order valence-corrected chi connectivity index (χ1v) is 24.5. The van der Waals surface area contributed by atoms with E-state index in [2.05, 4.69) is 50.4 Å². The van der Waals surface area contributed by atoms with Gasteiger partial charge >= 0.3 is 0 Å². The molecule has 6 N–H and O–H groups in total. The smallest absolute Gasteiger partial charge is 0.274 e. The summed E-state index contributed by atoms with van der Waals surface area (Å²) in [6.45, 7) is 2.03. The zero-order valence-corrected chi connectivity index (χ0v) is 37.4. The van der Waals surface area contributed by atoms with Crippen LogP contribution in [0.4, 0.5) is 5.82 Å². The minimum Gasteiger partial charge on any atom is -0.790 e. The number of unbranched alkanes of at least 4 members (excludes halogenated alkanes) is 3. The molecule has 0 saturated carbocycles. The summed E-state index contributed by atoms with van der Waals surface area (Å²) in [7, 11) is -17.6. The fourth-order valence-corrected chi connectivity index (χ4v) is 9.00. The van der Waals surface area contributed by atoms with E-state index in [-0.39, 0.29) is 66.0 Å². The highest BCUT2D eigenvalue weighted by Crippen LogP contribution is 2.56. The topological polar surface area (TPSA) is 392 Å². The number of Topliss-reactive ketones (excluding diaryl/α,β-unsaturated/α-hetero) is 1. The van der Waals surface area contributed by atoms with Crippen LogP contribution in [0.25, 0.3) is 11.2 Å². The summed E-state index contributed by atoms with van der Waals surface area (Å²) in [6, 6.07) is 0. The number of ether oxygens (including phenoxy) is 1. The Kier molecular flexibility index (Phi) is 20.9. The van der Waals surface area contributed by atoms with Crippen molar-refractivity contribution in [1.29, 1.82) is 0 Å². The second-order valence-corrected chi connectivity index (χ2v) is 19.6.